The van der Waals surface area contributed by atoms with E-state index < -0.39 is 0 Å². The molecule has 2 amide bonds. The topological polar surface area (TPSA) is 62.3 Å². The van der Waals surface area contributed by atoms with E-state index in [1.165, 1.54) is 0 Å². The number of benzene rings is 2. The van der Waals surface area contributed by atoms with Gasteiger partial charge in [0.25, 0.3) is 5.91 Å². The second kappa shape index (κ2) is 9.29. The molecule has 27 heavy (non-hydrogen) atoms. The van der Waals surface area contributed by atoms with Crippen molar-refractivity contribution in [2.45, 2.75) is 13.0 Å². The van der Waals surface area contributed by atoms with Gasteiger partial charge in [-0.05, 0) is 29.8 Å². The van der Waals surface area contributed by atoms with E-state index in [9.17, 15) is 9.59 Å². The quantitative estimate of drug-likeness (QED) is 0.703. The van der Waals surface area contributed by atoms with Gasteiger partial charge in [0.2, 0.25) is 5.91 Å². The molecule has 3 aromatic rings. The smallest absolute Gasteiger partial charge is 0.251 e. The maximum absolute atomic E-state index is 12.8. The molecule has 1 heterocycles. The van der Waals surface area contributed by atoms with Crippen LogP contribution in [0.4, 0.5) is 5.82 Å². The van der Waals surface area contributed by atoms with Crippen molar-refractivity contribution in [3.8, 4) is 0 Å². The Morgan fingerprint density at radius 1 is 0.852 bits per heavy atom. The predicted octanol–water partition coefficient (Wildman–Crippen LogP) is 3.43. The molecule has 1 aromatic heterocycles. The largest absolute Gasteiger partial charge is 0.352 e. The zero-order chi connectivity index (χ0) is 18.9. The monoisotopic (exact) mass is 359 g/mol. The number of hydrogen-bond acceptors (Lipinski definition) is 3. The average molecular weight is 359 g/mol. The van der Waals surface area contributed by atoms with Gasteiger partial charge >= 0.3 is 0 Å². The Kier molecular flexibility index (Phi) is 6.30. The van der Waals surface area contributed by atoms with Crippen molar-refractivity contribution in [2.24, 2.45) is 0 Å². The molecule has 0 spiro atoms. The fourth-order valence-corrected chi connectivity index (χ4v) is 2.69. The molecule has 1 N–H and O–H groups in total. The lowest BCUT2D eigenvalue weighted by Gasteiger charge is -2.22. The summed E-state index contributed by atoms with van der Waals surface area (Å²) in [5, 5.41) is 2.79. The van der Waals surface area contributed by atoms with E-state index in [-0.39, 0.29) is 24.8 Å². The van der Waals surface area contributed by atoms with Gasteiger partial charge in [-0.3, -0.25) is 14.5 Å². The molecule has 2 aromatic carbocycles. The summed E-state index contributed by atoms with van der Waals surface area (Å²) >= 11 is 0. The highest BCUT2D eigenvalue weighted by Crippen LogP contribution is 2.15. The summed E-state index contributed by atoms with van der Waals surface area (Å²) in [4.78, 5) is 30.9. The lowest BCUT2D eigenvalue weighted by Crippen LogP contribution is -2.34. The third-order valence-corrected chi connectivity index (χ3v) is 4.07. The lowest BCUT2D eigenvalue weighted by atomic mass is 10.2. The minimum absolute atomic E-state index is 0.0917. The standard InChI is InChI=1S/C22H21N3O2/c26-21(14-16-24-22(27)19-11-5-2-6-12-19)25(20-13-7-8-15-23-20)17-18-9-3-1-4-10-18/h1-13,15H,14,16-17H2,(H,24,27). The van der Waals surface area contributed by atoms with E-state index in [0.717, 1.165) is 5.56 Å². The van der Waals surface area contributed by atoms with E-state index in [4.69, 9.17) is 0 Å². The van der Waals surface area contributed by atoms with E-state index in [2.05, 4.69) is 10.3 Å². The Labute approximate surface area is 158 Å². The number of carbonyl (C=O) groups is 2. The molecule has 0 saturated carbocycles. The summed E-state index contributed by atoms with van der Waals surface area (Å²) in [6.07, 6.45) is 1.86. The van der Waals surface area contributed by atoms with Crippen LogP contribution in [0.2, 0.25) is 0 Å². The van der Waals surface area contributed by atoms with Crippen molar-refractivity contribution in [3.05, 3.63) is 96.2 Å². The number of nitrogens with zero attached hydrogens (tertiary/aromatic N) is 2. The summed E-state index contributed by atoms with van der Waals surface area (Å²) in [5.74, 6) is 0.322. The summed E-state index contributed by atoms with van der Waals surface area (Å²) in [5.41, 5.74) is 1.60. The first-order chi connectivity index (χ1) is 13.2. The normalized spacial score (nSPS) is 10.2. The van der Waals surface area contributed by atoms with Gasteiger partial charge in [-0.25, -0.2) is 4.98 Å². The molecule has 0 atom stereocenters. The first-order valence-electron chi connectivity index (χ1n) is 8.82. The van der Waals surface area contributed by atoms with Crippen molar-refractivity contribution in [3.63, 3.8) is 0 Å². The SMILES string of the molecule is O=C(NCCC(=O)N(Cc1ccccc1)c1ccccn1)c1ccccc1. The third kappa shape index (κ3) is 5.25. The fraction of sp³-hybridized carbons (Fsp3) is 0.136. The molecule has 5 heteroatoms. The molecule has 0 saturated heterocycles. The van der Waals surface area contributed by atoms with Gasteiger partial charge < -0.3 is 5.32 Å². The number of hydrogen-bond donors (Lipinski definition) is 1. The molecule has 0 radical (unpaired) electrons. The minimum atomic E-state index is -0.184. The molecule has 5 nitrogen and oxygen atoms in total. The Morgan fingerprint density at radius 2 is 1.52 bits per heavy atom. The minimum Gasteiger partial charge on any atom is -0.352 e. The highest BCUT2D eigenvalue weighted by Gasteiger charge is 2.17. The van der Waals surface area contributed by atoms with Gasteiger partial charge in [0.05, 0.1) is 6.54 Å². The number of pyridine rings is 1. The maximum Gasteiger partial charge on any atom is 0.251 e. The van der Waals surface area contributed by atoms with Crippen molar-refractivity contribution in [1.82, 2.24) is 10.3 Å². The molecular formula is C22H21N3O2. The van der Waals surface area contributed by atoms with Crippen molar-refractivity contribution < 1.29 is 9.59 Å². The van der Waals surface area contributed by atoms with E-state index in [1.807, 2.05) is 66.7 Å². The molecule has 0 fully saturated rings. The molecule has 136 valence electrons. The molecule has 0 unspecified atom stereocenters. The van der Waals surface area contributed by atoms with E-state index in [1.54, 1.807) is 23.2 Å². The number of rotatable bonds is 7. The second-order valence-electron chi connectivity index (χ2n) is 6.03. The molecule has 0 aliphatic rings. The summed E-state index contributed by atoms with van der Waals surface area (Å²) in [6, 6.07) is 24.2. The van der Waals surface area contributed by atoms with Gasteiger partial charge in [-0.15, -0.1) is 0 Å². The number of anilines is 1. The lowest BCUT2D eigenvalue weighted by molar-refractivity contribution is -0.118. The summed E-state index contributed by atoms with van der Waals surface area (Å²) in [7, 11) is 0. The molecule has 0 aliphatic carbocycles. The highest BCUT2D eigenvalue weighted by molar-refractivity contribution is 5.95. The van der Waals surface area contributed by atoms with Gasteiger partial charge in [-0.2, -0.15) is 0 Å². The van der Waals surface area contributed by atoms with Crippen LogP contribution in [0.3, 0.4) is 0 Å². The van der Waals surface area contributed by atoms with E-state index >= 15 is 0 Å². The first-order valence-corrected chi connectivity index (χ1v) is 8.82. The van der Waals surface area contributed by atoms with Crippen LogP contribution >= 0.6 is 0 Å². The van der Waals surface area contributed by atoms with Crippen LogP contribution in [0.1, 0.15) is 22.3 Å². The fourth-order valence-electron chi connectivity index (χ4n) is 2.69. The van der Waals surface area contributed by atoms with Crippen LogP contribution in [0.15, 0.2) is 85.1 Å². The molecule has 0 bridgehead atoms. The maximum atomic E-state index is 12.8. The Hall–Kier alpha value is -3.47. The van der Waals surface area contributed by atoms with Crippen LogP contribution in [0, 0.1) is 0 Å². The first kappa shape index (κ1) is 18.3. The zero-order valence-electron chi connectivity index (χ0n) is 14.9. The van der Waals surface area contributed by atoms with Crippen LogP contribution in [-0.4, -0.2) is 23.3 Å². The Balaban J connectivity index is 1.63. The van der Waals surface area contributed by atoms with Crippen LogP contribution in [-0.2, 0) is 11.3 Å². The zero-order valence-corrected chi connectivity index (χ0v) is 14.9. The molecule has 0 aliphatic heterocycles. The summed E-state index contributed by atoms with van der Waals surface area (Å²) in [6.45, 7) is 0.702. The number of amides is 2. The Bertz CT molecular complexity index is 868. The van der Waals surface area contributed by atoms with Crippen molar-refractivity contribution >= 4 is 17.6 Å². The number of carbonyl (C=O) groups excluding carboxylic acids is 2. The second-order valence-corrected chi connectivity index (χ2v) is 6.03. The molecule has 3 rings (SSSR count). The highest BCUT2D eigenvalue weighted by atomic mass is 16.2. The van der Waals surface area contributed by atoms with Crippen LogP contribution in [0.5, 0.6) is 0 Å². The van der Waals surface area contributed by atoms with Crippen molar-refractivity contribution in [2.75, 3.05) is 11.4 Å². The van der Waals surface area contributed by atoms with Gasteiger partial charge in [0.1, 0.15) is 5.82 Å². The summed E-state index contributed by atoms with van der Waals surface area (Å²) < 4.78 is 0. The van der Waals surface area contributed by atoms with Crippen LogP contribution in [0.25, 0.3) is 0 Å². The number of aromatic nitrogens is 1. The van der Waals surface area contributed by atoms with Crippen molar-refractivity contribution in [1.29, 1.82) is 0 Å². The van der Waals surface area contributed by atoms with Gasteiger partial charge in [-0.1, -0.05) is 54.6 Å². The Morgan fingerprint density at radius 3 is 2.19 bits per heavy atom. The van der Waals surface area contributed by atoms with Gasteiger partial charge in [0.15, 0.2) is 0 Å². The number of nitrogens with one attached hydrogen (secondary N) is 1. The van der Waals surface area contributed by atoms with E-state index in [0.29, 0.717) is 17.9 Å². The van der Waals surface area contributed by atoms with Crippen LogP contribution < -0.4 is 10.2 Å². The predicted molar refractivity (Wildman–Crippen MR) is 105 cm³/mol. The van der Waals surface area contributed by atoms with Gasteiger partial charge in [0, 0.05) is 24.7 Å². The average Bonchev–Trinajstić information content (AvgIpc) is 2.74. The third-order valence-electron chi connectivity index (χ3n) is 4.07. The molecular weight excluding hydrogens is 338 g/mol.